The van der Waals surface area contributed by atoms with Crippen LogP contribution in [0.5, 0.6) is 0 Å². The molecule has 0 spiro atoms. The van der Waals surface area contributed by atoms with Gasteiger partial charge in [-0.2, -0.15) is 26.3 Å². The first-order valence-corrected chi connectivity index (χ1v) is 14.9. The van der Waals surface area contributed by atoms with Crippen LogP contribution in [0.2, 0.25) is 0 Å². The Morgan fingerprint density at radius 2 is 1.50 bits per heavy atom. The van der Waals surface area contributed by atoms with Crippen molar-refractivity contribution in [3.05, 3.63) is 65.0 Å². The number of carbonyl (C=O) groups excluding carboxylic acids is 2. The number of rotatable bonds is 6. The van der Waals surface area contributed by atoms with Crippen LogP contribution in [0.3, 0.4) is 0 Å². The molecule has 2 saturated heterocycles. The zero-order chi connectivity index (χ0) is 32.7. The summed E-state index contributed by atoms with van der Waals surface area (Å²) in [5.74, 6) is -2.45. The van der Waals surface area contributed by atoms with Crippen molar-refractivity contribution < 1.29 is 59.0 Å². The summed E-state index contributed by atoms with van der Waals surface area (Å²) in [4.78, 5) is 28.3. The van der Waals surface area contributed by atoms with E-state index >= 15 is 0 Å². The van der Waals surface area contributed by atoms with E-state index in [1.54, 1.807) is 4.90 Å². The molecule has 10 nitrogen and oxygen atoms in total. The molecule has 2 aliphatic rings. The minimum Gasteiger partial charge on any atom is -0.390 e. The number of aliphatic hydroxyl groups is 2. The zero-order valence-electron chi connectivity index (χ0n) is 22.6. The molecule has 2 aliphatic heterocycles. The van der Waals surface area contributed by atoms with E-state index in [0.29, 0.717) is 17.7 Å². The molecule has 0 unspecified atom stereocenters. The third kappa shape index (κ3) is 7.08. The monoisotopic (exact) mass is 656 g/mol. The molecule has 18 heteroatoms. The van der Waals surface area contributed by atoms with Crippen molar-refractivity contribution in [1.29, 1.82) is 0 Å². The van der Waals surface area contributed by atoms with Gasteiger partial charge in [0.1, 0.15) is 5.82 Å². The molecule has 3 amide bonds. The quantitative estimate of drug-likeness (QED) is 0.351. The van der Waals surface area contributed by atoms with Crippen LogP contribution < -0.4 is 10.6 Å². The highest BCUT2D eigenvalue weighted by Gasteiger charge is 2.71. The number of carbonyl (C=O) groups is 2. The molecule has 2 aromatic carbocycles. The number of nitrogens with one attached hydrogen (secondary N) is 2. The van der Waals surface area contributed by atoms with Gasteiger partial charge >= 0.3 is 18.4 Å². The fraction of sp³-hybridized carbons (Fsp3) is 0.462. The van der Waals surface area contributed by atoms with Gasteiger partial charge in [-0.15, -0.1) is 0 Å². The molecule has 0 saturated carbocycles. The molecular weight excluding hydrogens is 629 g/mol. The van der Waals surface area contributed by atoms with Crippen molar-refractivity contribution in [2.45, 2.75) is 36.6 Å². The second kappa shape index (κ2) is 12.1. The van der Waals surface area contributed by atoms with E-state index in [9.17, 15) is 59.0 Å². The molecule has 4 rings (SSSR count). The van der Waals surface area contributed by atoms with Gasteiger partial charge in [0.2, 0.25) is 0 Å². The van der Waals surface area contributed by atoms with E-state index in [4.69, 9.17) is 0 Å². The Balaban J connectivity index is 1.31. The maximum Gasteiger partial charge on any atom is 0.430 e. The van der Waals surface area contributed by atoms with E-state index in [1.807, 2.05) is 0 Å². The molecule has 44 heavy (non-hydrogen) atoms. The summed E-state index contributed by atoms with van der Waals surface area (Å²) in [6.45, 7) is 1.06. The number of amides is 3. The predicted molar refractivity (Wildman–Crippen MR) is 141 cm³/mol. The highest BCUT2D eigenvalue weighted by atomic mass is 32.2. The number of benzene rings is 2. The van der Waals surface area contributed by atoms with Crippen molar-refractivity contribution in [2.75, 3.05) is 43.0 Å². The van der Waals surface area contributed by atoms with Crippen LogP contribution in [-0.2, 0) is 22.0 Å². The zero-order valence-corrected chi connectivity index (χ0v) is 23.4. The van der Waals surface area contributed by atoms with E-state index in [0.717, 1.165) is 24.3 Å². The van der Waals surface area contributed by atoms with E-state index < -0.39 is 74.8 Å². The van der Waals surface area contributed by atoms with Crippen LogP contribution in [0.1, 0.15) is 21.5 Å². The van der Waals surface area contributed by atoms with Crippen molar-refractivity contribution in [3.8, 4) is 0 Å². The summed E-state index contributed by atoms with van der Waals surface area (Å²) in [7, 11) is -3.52. The van der Waals surface area contributed by atoms with Gasteiger partial charge in [-0.05, 0) is 23.8 Å². The number of sulfone groups is 1. The molecular formula is C26H27F7N4O6S. The van der Waals surface area contributed by atoms with Gasteiger partial charge in [0.15, 0.2) is 9.84 Å². The maximum absolute atomic E-state index is 14.7. The first-order valence-electron chi connectivity index (χ1n) is 13.0. The standard InChI is InChI=1S/C26H27F7N4O6S/c27-18-11-16(3-6-19(18)34-23(40)35-20-13-44(42,43)14-21(20)38)22(39)37-9-7-36(8-10-37)12-15-1-4-17(5-2-15)24(41,25(28,29)30)26(31,32)33/h1-6,11,20-21,38,41H,7-10,12-14H2,(H2,34,35,40)/t20-,21+/m1/s1. The molecule has 0 radical (unpaired) electrons. The number of alkyl halides is 6. The van der Waals surface area contributed by atoms with Crippen LogP contribution in [0.15, 0.2) is 42.5 Å². The van der Waals surface area contributed by atoms with Crippen LogP contribution in [0, 0.1) is 5.82 Å². The Kier molecular flexibility index (Phi) is 9.21. The molecule has 2 fully saturated rings. The van der Waals surface area contributed by atoms with Crippen LogP contribution in [0.25, 0.3) is 0 Å². The van der Waals surface area contributed by atoms with Gasteiger partial charge in [0.05, 0.1) is 29.3 Å². The van der Waals surface area contributed by atoms with Crippen molar-refractivity contribution in [1.82, 2.24) is 15.1 Å². The van der Waals surface area contributed by atoms with Crippen LogP contribution in [-0.4, -0.2) is 103 Å². The topological polar surface area (TPSA) is 139 Å². The lowest BCUT2D eigenvalue weighted by Gasteiger charge is -2.35. The average molecular weight is 657 g/mol. The SMILES string of the molecule is O=C(Nc1ccc(C(=O)N2CCN(Cc3ccc(C(O)(C(F)(F)F)C(F)(F)F)cc3)CC2)cc1F)N[C@@H]1CS(=O)(=O)C[C@@H]1O. The lowest BCUT2D eigenvalue weighted by molar-refractivity contribution is -0.376. The lowest BCUT2D eigenvalue weighted by atomic mass is 9.91. The van der Waals surface area contributed by atoms with Gasteiger partial charge in [0.25, 0.3) is 11.5 Å². The number of nitrogens with zero attached hydrogens (tertiary/aromatic N) is 2. The first-order chi connectivity index (χ1) is 20.3. The van der Waals surface area contributed by atoms with E-state index in [-0.39, 0.29) is 44.0 Å². The summed E-state index contributed by atoms with van der Waals surface area (Å²) in [5.41, 5.74) is -6.34. The second-order valence-electron chi connectivity index (χ2n) is 10.5. The minimum atomic E-state index is -5.99. The molecule has 0 aromatic heterocycles. The van der Waals surface area contributed by atoms with E-state index in [1.165, 1.54) is 11.0 Å². The van der Waals surface area contributed by atoms with Crippen LogP contribution >= 0.6 is 0 Å². The van der Waals surface area contributed by atoms with Gasteiger partial charge in [-0.25, -0.2) is 17.6 Å². The van der Waals surface area contributed by atoms with Gasteiger partial charge in [0, 0.05) is 43.9 Å². The Hall–Kier alpha value is -3.48. The van der Waals surface area contributed by atoms with E-state index in [2.05, 4.69) is 10.6 Å². The smallest absolute Gasteiger partial charge is 0.390 e. The second-order valence-corrected chi connectivity index (χ2v) is 12.7. The summed E-state index contributed by atoms with van der Waals surface area (Å²) in [6.07, 6.45) is -13.3. The largest absolute Gasteiger partial charge is 0.430 e. The fourth-order valence-electron chi connectivity index (χ4n) is 4.93. The number of urea groups is 1. The molecule has 2 aromatic rings. The predicted octanol–water partition coefficient (Wildman–Crippen LogP) is 2.38. The fourth-order valence-corrected chi connectivity index (χ4v) is 6.67. The Labute approximate surface area is 246 Å². The molecule has 0 aliphatic carbocycles. The molecule has 0 bridgehead atoms. The van der Waals surface area contributed by atoms with Crippen molar-refractivity contribution in [3.63, 3.8) is 0 Å². The highest BCUT2D eigenvalue weighted by molar-refractivity contribution is 7.91. The molecule has 2 heterocycles. The number of halogens is 7. The van der Waals surface area contributed by atoms with Gasteiger partial charge in [-0.1, -0.05) is 24.3 Å². The number of hydrogen-bond donors (Lipinski definition) is 4. The van der Waals surface area contributed by atoms with Crippen LogP contribution in [0.4, 0.5) is 41.2 Å². The molecule has 242 valence electrons. The molecule has 2 atom stereocenters. The summed E-state index contributed by atoms with van der Waals surface area (Å²) < 4.78 is 116. The highest BCUT2D eigenvalue weighted by Crippen LogP contribution is 2.50. The van der Waals surface area contributed by atoms with Gasteiger partial charge < -0.3 is 25.7 Å². The maximum atomic E-state index is 14.7. The Morgan fingerprint density at radius 1 is 0.909 bits per heavy atom. The number of aliphatic hydroxyl groups excluding tert-OH is 1. The third-order valence-electron chi connectivity index (χ3n) is 7.36. The Morgan fingerprint density at radius 3 is 2.00 bits per heavy atom. The van der Waals surface area contributed by atoms with Crippen molar-refractivity contribution >= 4 is 27.5 Å². The van der Waals surface area contributed by atoms with Gasteiger partial charge in [-0.3, -0.25) is 9.69 Å². The van der Waals surface area contributed by atoms with Crippen molar-refractivity contribution in [2.24, 2.45) is 0 Å². The average Bonchev–Trinajstić information content (AvgIpc) is 3.18. The summed E-state index contributed by atoms with van der Waals surface area (Å²) in [6, 6.07) is 4.53. The minimum absolute atomic E-state index is 0.0309. The first kappa shape index (κ1) is 33.4. The Bertz CT molecular complexity index is 1480. The summed E-state index contributed by atoms with van der Waals surface area (Å²) in [5, 5.41) is 23.8. The third-order valence-corrected chi connectivity index (χ3v) is 9.08. The number of piperazine rings is 1. The number of hydrogen-bond acceptors (Lipinski definition) is 7. The molecule has 4 N–H and O–H groups in total. The lowest BCUT2D eigenvalue weighted by Crippen LogP contribution is -2.53. The normalized spacial score (nSPS) is 21.2. The summed E-state index contributed by atoms with van der Waals surface area (Å²) >= 11 is 0. The number of anilines is 1.